The summed E-state index contributed by atoms with van der Waals surface area (Å²) in [5, 5.41) is 9.13. The maximum atomic E-state index is 12.9. The second-order valence-electron chi connectivity index (χ2n) is 8.01. The number of pyridine rings is 1. The van der Waals surface area contributed by atoms with E-state index in [0.29, 0.717) is 19.2 Å². The fourth-order valence-corrected chi connectivity index (χ4v) is 5.29. The summed E-state index contributed by atoms with van der Waals surface area (Å²) in [7, 11) is -3.92. The van der Waals surface area contributed by atoms with Crippen LogP contribution in [0.3, 0.4) is 0 Å². The van der Waals surface area contributed by atoms with E-state index in [1.807, 2.05) is 31.0 Å². The van der Waals surface area contributed by atoms with Crippen molar-refractivity contribution in [3.63, 3.8) is 0 Å². The Hall–Kier alpha value is -2.12. The molecule has 1 aromatic rings. The predicted octanol–water partition coefficient (Wildman–Crippen LogP) is 3.02. The Morgan fingerprint density at radius 1 is 1.24 bits per heavy atom. The second-order valence-corrected chi connectivity index (χ2v) is 9.92. The van der Waals surface area contributed by atoms with Gasteiger partial charge in [-0.1, -0.05) is 19.9 Å². The molecule has 0 N–H and O–H groups in total. The Bertz CT molecular complexity index is 959. The van der Waals surface area contributed by atoms with E-state index in [1.54, 1.807) is 0 Å². The number of aryl methyl sites for hydroxylation is 1. The number of piperazine rings is 1. The van der Waals surface area contributed by atoms with Crippen molar-refractivity contribution >= 4 is 10.0 Å². The minimum atomic E-state index is -4.62. The molecule has 1 aliphatic heterocycles. The van der Waals surface area contributed by atoms with Gasteiger partial charge < -0.3 is 4.90 Å². The molecule has 0 amide bonds. The lowest BCUT2D eigenvalue weighted by Crippen LogP contribution is -2.46. The molecule has 1 unspecified atom stereocenters. The standard InChI is InChI=1S/C19H23F3N4O2S/c1-13-16(4-5-17(24-13)19(20,21)22)29(27,28)26-10-8-25(9-11-26)7-6-14-15(12-23)18(14,2)3/h4-7,14-15H,8-11H2,1-3H3/b7-6+/t14?,15-/m0/s1. The molecule has 2 heterocycles. The molecule has 0 bridgehead atoms. The van der Waals surface area contributed by atoms with Gasteiger partial charge in [0.15, 0.2) is 0 Å². The first-order valence-electron chi connectivity index (χ1n) is 9.26. The average molecular weight is 428 g/mol. The Kier molecular flexibility index (Phi) is 5.43. The van der Waals surface area contributed by atoms with Crippen molar-refractivity contribution < 1.29 is 21.6 Å². The normalized spacial score (nSPS) is 25.2. The summed E-state index contributed by atoms with van der Waals surface area (Å²) >= 11 is 0. The van der Waals surface area contributed by atoms with Crippen molar-refractivity contribution in [3.8, 4) is 6.07 Å². The van der Waals surface area contributed by atoms with Gasteiger partial charge in [-0.3, -0.25) is 0 Å². The number of allylic oxidation sites excluding steroid dienone is 1. The molecule has 6 nitrogen and oxygen atoms in total. The summed E-state index contributed by atoms with van der Waals surface area (Å²) < 4.78 is 65.3. The molecule has 2 aliphatic rings. The van der Waals surface area contributed by atoms with Gasteiger partial charge in [0.05, 0.1) is 17.7 Å². The highest BCUT2D eigenvalue weighted by atomic mass is 32.2. The van der Waals surface area contributed by atoms with Gasteiger partial charge in [0.2, 0.25) is 10.0 Å². The molecule has 1 aromatic heterocycles. The molecule has 1 aliphatic carbocycles. The molecular weight excluding hydrogens is 405 g/mol. The average Bonchev–Trinajstić information content (AvgIpc) is 3.18. The van der Waals surface area contributed by atoms with Gasteiger partial charge in [0.1, 0.15) is 10.6 Å². The maximum Gasteiger partial charge on any atom is 0.433 e. The van der Waals surface area contributed by atoms with Crippen LogP contribution >= 0.6 is 0 Å². The smallest absolute Gasteiger partial charge is 0.375 e. The number of hydrogen-bond acceptors (Lipinski definition) is 5. The Morgan fingerprint density at radius 3 is 2.34 bits per heavy atom. The van der Waals surface area contributed by atoms with Gasteiger partial charge >= 0.3 is 6.18 Å². The highest BCUT2D eigenvalue weighted by Crippen LogP contribution is 2.58. The fraction of sp³-hybridized carbons (Fsp3) is 0.579. The first kappa shape index (κ1) is 21.6. The van der Waals surface area contributed by atoms with E-state index in [2.05, 4.69) is 11.1 Å². The zero-order chi connectivity index (χ0) is 21.6. The number of nitriles is 1. The number of nitrogens with zero attached hydrogens (tertiary/aromatic N) is 4. The number of hydrogen-bond donors (Lipinski definition) is 0. The second kappa shape index (κ2) is 7.29. The zero-order valence-corrected chi connectivity index (χ0v) is 17.3. The first-order chi connectivity index (χ1) is 13.4. The monoisotopic (exact) mass is 428 g/mol. The van der Waals surface area contributed by atoms with E-state index in [-0.39, 0.29) is 40.9 Å². The molecule has 0 radical (unpaired) electrons. The lowest BCUT2D eigenvalue weighted by Gasteiger charge is -2.33. The molecule has 1 saturated heterocycles. The highest BCUT2D eigenvalue weighted by Gasteiger charge is 2.56. The zero-order valence-electron chi connectivity index (χ0n) is 16.4. The van der Waals surface area contributed by atoms with Crippen LogP contribution in [0, 0.1) is 35.5 Å². The van der Waals surface area contributed by atoms with Crippen LogP contribution in [0.5, 0.6) is 0 Å². The number of halogens is 3. The number of alkyl halides is 3. The molecule has 2 fully saturated rings. The third kappa shape index (κ3) is 4.12. The SMILES string of the molecule is Cc1nc(C(F)(F)F)ccc1S(=O)(=O)N1CCN(/C=C/C2[C@H](C#N)C2(C)C)CC1. The summed E-state index contributed by atoms with van der Waals surface area (Å²) in [6, 6.07) is 3.97. The topological polar surface area (TPSA) is 77.3 Å². The van der Waals surface area contributed by atoms with Crippen LogP contribution in [-0.2, 0) is 16.2 Å². The molecule has 29 heavy (non-hydrogen) atoms. The molecule has 0 aromatic carbocycles. The van der Waals surface area contributed by atoms with Crippen LogP contribution in [0.1, 0.15) is 25.2 Å². The third-order valence-electron chi connectivity index (χ3n) is 5.77. The van der Waals surface area contributed by atoms with Gasteiger partial charge in [-0.15, -0.1) is 0 Å². The van der Waals surface area contributed by atoms with Crippen molar-refractivity contribution in [2.75, 3.05) is 26.2 Å². The van der Waals surface area contributed by atoms with E-state index < -0.39 is 21.9 Å². The van der Waals surface area contributed by atoms with Crippen molar-refractivity contribution in [2.24, 2.45) is 17.3 Å². The summed E-state index contributed by atoms with van der Waals surface area (Å²) in [6.07, 6.45) is -0.702. The van der Waals surface area contributed by atoms with E-state index in [1.165, 1.54) is 11.2 Å². The van der Waals surface area contributed by atoms with Gasteiger partial charge in [-0.05, 0) is 30.7 Å². The van der Waals surface area contributed by atoms with Crippen molar-refractivity contribution in [2.45, 2.75) is 31.8 Å². The van der Waals surface area contributed by atoms with Crippen LogP contribution in [0.2, 0.25) is 0 Å². The summed E-state index contributed by atoms with van der Waals surface area (Å²) in [5.74, 6) is 0.186. The van der Waals surface area contributed by atoms with Crippen LogP contribution in [0.25, 0.3) is 0 Å². The highest BCUT2D eigenvalue weighted by molar-refractivity contribution is 7.89. The molecule has 2 atom stereocenters. The van der Waals surface area contributed by atoms with E-state index >= 15 is 0 Å². The van der Waals surface area contributed by atoms with E-state index in [9.17, 15) is 21.6 Å². The molecular formula is C19H23F3N4O2S. The number of aromatic nitrogens is 1. The quantitative estimate of drug-likeness (QED) is 0.737. The minimum Gasteiger partial charge on any atom is -0.375 e. The summed E-state index contributed by atoms with van der Waals surface area (Å²) in [6.45, 7) is 6.73. The van der Waals surface area contributed by atoms with Gasteiger partial charge in [-0.2, -0.15) is 22.7 Å². The lowest BCUT2D eigenvalue weighted by molar-refractivity contribution is -0.141. The summed E-state index contributed by atoms with van der Waals surface area (Å²) in [5.41, 5.74) is -1.31. The van der Waals surface area contributed by atoms with E-state index in [0.717, 1.165) is 6.07 Å². The third-order valence-corrected chi connectivity index (χ3v) is 7.81. The Balaban J connectivity index is 1.65. The molecule has 1 saturated carbocycles. The first-order valence-corrected chi connectivity index (χ1v) is 10.7. The lowest BCUT2D eigenvalue weighted by atomic mass is 10.1. The van der Waals surface area contributed by atoms with Gasteiger partial charge in [0.25, 0.3) is 0 Å². The van der Waals surface area contributed by atoms with E-state index in [4.69, 9.17) is 5.26 Å². The number of sulfonamides is 1. The van der Waals surface area contributed by atoms with Gasteiger partial charge in [-0.25, -0.2) is 13.4 Å². The van der Waals surface area contributed by atoms with Crippen LogP contribution < -0.4 is 0 Å². The largest absolute Gasteiger partial charge is 0.433 e. The van der Waals surface area contributed by atoms with Crippen LogP contribution in [-0.4, -0.2) is 48.8 Å². The predicted molar refractivity (Wildman–Crippen MR) is 99.8 cm³/mol. The number of rotatable bonds is 4. The Labute approximate surface area is 168 Å². The van der Waals surface area contributed by atoms with Crippen LogP contribution in [0.4, 0.5) is 13.2 Å². The van der Waals surface area contributed by atoms with Crippen molar-refractivity contribution in [1.29, 1.82) is 5.26 Å². The fourth-order valence-electron chi connectivity index (χ4n) is 3.71. The Morgan fingerprint density at radius 2 is 1.86 bits per heavy atom. The molecule has 0 spiro atoms. The molecule has 3 rings (SSSR count). The maximum absolute atomic E-state index is 12.9. The van der Waals surface area contributed by atoms with Gasteiger partial charge in [0, 0.05) is 32.1 Å². The summed E-state index contributed by atoms with van der Waals surface area (Å²) in [4.78, 5) is 5.22. The van der Waals surface area contributed by atoms with Crippen molar-refractivity contribution in [1.82, 2.24) is 14.2 Å². The molecule has 158 valence electrons. The van der Waals surface area contributed by atoms with Crippen molar-refractivity contribution in [3.05, 3.63) is 35.8 Å². The molecule has 10 heteroatoms. The van der Waals surface area contributed by atoms with Crippen LogP contribution in [0.15, 0.2) is 29.3 Å². The minimum absolute atomic E-state index is 0.00411.